The highest BCUT2D eigenvalue weighted by atomic mass is 35.5. The maximum Gasteiger partial charge on any atom is 0.237 e. The molecule has 0 saturated carbocycles. The van der Waals surface area contributed by atoms with Crippen molar-refractivity contribution in [3.8, 4) is 0 Å². The van der Waals surface area contributed by atoms with Gasteiger partial charge in [-0.1, -0.05) is 37.0 Å². The highest BCUT2D eigenvalue weighted by Gasteiger charge is 2.14. The number of nitrogens with one attached hydrogen (secondary N) is 1. The minimum Gasteiger partial charge on any atom is -0.325 e. The van der Waals surface area contributed by atoms with Gasteiger partial charge in [-0.3, -0.25) is 4.79 Å². The summed E-state index contributed by atoms with van der Waals surface area (Å²) in [6, 6.07) is 5.09. The van der Waals surface area contributed by atoms with Crippen molar-refractivity contribution >= 4 is 46.6 Å². The fourth-order valence-electron chi connectivity index (χ4n) is 1.79. The summed E-state index contributed by atoms with van der Waals surface area (Å²) in [6.45, 7) is 9.30. The van der Waals surface area contributed by atoms with E-state index >= 15 is 0 Å². The van der Waals surface area contributed by atoms with Gasteiger partial charge in [-0.2, -0.15) is 0 Å². The summed E-state index contributed by atoms with van der Waals surface area (Å²) in [5.41, 5.74) is 0.672. The van der Waals surface area contributed by atoms with Gasteiger partial charge < -0.3 is 10.2 Å². The van der Waals surface area contributed by atoms with Crippen LogP contribution in [0.1, 0.15) is 20.8 Å². The Labute approximate surface area is 141 Å². The van der Waals surface area contributed by atoms with Gasteiger partial charge in [-0.25, -0.2) is 0 Å². The van der Waals surface area contributed by atoms with Crippen LogP contribution in [0.3, 0.4) is 0 Å². The first-order chi connectivity index (χ1) is 9.97. The molecule has 0 aromatic heterocycles. The van der Waals surface area contributed by atoms with E-state index in [1.807, 2.05) is 6.92 Å². The van der Waals surface area contributed by atoms with Crippen LogP contribution in [-0.2, 0) is 4.79 Å². The maximum absolute atomic E-state index is 12.1. The van der Waals surface area contributed by atoms with E-state index in [4.69, 9.17) is 23.2 Å². The molecule has 1 N–H and O–H groups in total. The first-order valence-electron chi connectivity index (χ1n) is 7.07. The summed E-state index contributed by atoms with van der Waals surface area (Å²) >= 11 is 13.4. The quantitative estimate of drug-likeness (QED) is 0.755. The predicted molar refractivity (Wildman–Crippen MR) is 94.8 cm³/mol. The molecule has 1 aromatic rings. The highest BCUT2D eigenvalue weighted by Crippen LogP contribution is 2.25. The number of amides is 1. The molecule has 0 saturated heterocycles. The van der Waals surface area contributed by atoms with Gasteiger partial charge in [0.05, 0.1) is 15.3 Å². The first kappa shape index (κ1) is 18.6. The lowest BCUT2D eigenvalue weighted by Gasteiger charge is -2.19. The molecule has 1 rings (SSSR count). The molecule has 1 atom stereocenters. The molecule has 0 fully saturated rings. The number of hydrogen-bond donors (Lipinski definition) is 1. The van der Waals surface area contributed by atoms with E-state index in [0.29, 0.717) is 15.7 Å². The summed E-state index contributed by atoms with van der Waals surface area (Å²) in [6.07, 6.45) is 0. The fourth-order valence-corrected chi connectivity index (χ4v) is 3.02. The monoisotopic (exact) mass is 348 g/mol. The van der Waals surface area contributed by atoms with E-state index in [1.54, 1.807) is 30.0 Å². The van der Waals surface area contributed by atoms with Crippen molar-refractivity contribution in [1.82, 2.24) is 4.90 Å². The third kappa shape index (κ3) is 6.47. The largest absolute Gasteiger partial charge is 0.325 e. The van der Waals surface area contributed by atoms with Gasteiger partial charge >= 0.3 is 0 Å². The number of nitrogens with zero attached hydrogens (tertiary/aromatic N) is 1. The van der Waals surface area contributed by atoms with Gasteiger partial charge in [0.2, 0.25) is 5.91 Å². The second-order valence-electron chi connectivity index (χ2n) is 4.66. The summed E-state index contributed by atoms with van der Waals surface area (Å²) in [7, 11) is 0. The number of anilines is 1. The van der Waals surface area contributed by atoms with Crippen molar-refractivity contribution in [3.05, 3.63) is 28.2 Å². The van der Waals surface area contributed by atoms with Crippen LogP contribution in [-0.4, -0.2) is 41.4 Å². The molecule has 0 spiro atoms. The molecule has 118 valence electrons. The normalized spacial score (nSPS) is 12.5. The first-order valence-corrected chi connectivity index (χ1v) is 8.88. The number of carbonyl (C=O) groups is 1. The van der Waals surface area contributed by atoms with E-state index in [0.717, 1.165) is 25.4 Å². The lowest BCUT2D eigenvalue weighted by Crippen LogP contribution is -2.28. The van der Waals surface area contributed by atoms with Crippen LogP contribution < -0.4 is 5.32 Å². The van der Waals surface area contributed by atoms with Gasteiger partial charge in [0.25, 0.3) is 0 Å². The molecular formula is C15H22Cl2N2OS. The minimum atomic E-state index is -0.102. The van der Waals surface area contributed by atoms with Crippen LogP contribution in [0, 0.1) is 0 Å². The molecule has 0 aliphatic rings. The van der Waals surface area contributed by atoms with E-state index in [9.17, 15) is 4.79 Å². The number of rotatable bonds is 8. The second kappa shape index (κ2) is 9.57. The molecule has 0 heterocycles. The topological polar surface area (TPSA) is 32.3 Å². The second-order valence-corrected chi connectivity index (χ2v) is 6.92. The molecule has 0 radical (unpaired) electrons. The predicted octanol–water partition coefficient (Wildman–Crippen LogP) is 4.40. The van der Waals surface area contributed by atoms with Crippen LogP contribution in [0.25, 0.3) is 0 Å². The summed E-state index contributed by atoms with van der Waals surface area (Å²) in [5.74, 6) is 0.926. The maximum atomic E-state index is 12.1. The Bertz CT molecular complexity index is 467. The van der Waals surface area contributed by atoms with E-state index in [1.165, 1.54) is 0 Å². The molecule has 21 heavy (non-hydrogen) atoms. The van der Waals surface area contributed by atoms with Gasteiger partial charge in [-0.15, -0.1) is 11.8 Å². The smallest absolute Gasteiger partial charge is 0.237 e. The van der Waals surface area contributed by atoms with Crippen molar-refractivity contribution in [2.45, 2.75) is 26.0 Å². The van der Waals surface area contributed by atoms with Crippen LogP contribution >= 0.6 is 35.0 Å². The fraction of sp³-hybridized carbons (Fsp3) is 0.533. The van der Waals surface area contributed by atoms with Crippen molar-refractivity contribution < 1.29 is 4.79 Å². The summed E-state index contributed by atoms with van der Waals surface area (Å²) < 4.78 is 0. The van der Waals surface area contributed by atoms with Crippen molar-refractivity contribution in [2.75, 3.05) is 30.7 Å². The molecule has 0 bridgehead atoms. The highest BCUT2D eigenvalue weighted by molar-refractivity contribution is 8.00. The molecular weight excluding hydrogens is 327 g/mol. The Morgan fingerprint density at radius 3 is 2.52 bits per heavy atom. The number of thioether (sulfide) groups is 1. The SMILES string of the molecule is CCN(CC)CCS[C@H](C)C(=O)Nc1ccc(Cl)c(Cl)c1. The van der Waals surface area contributed by atoms with Crippen molar-refractivity contribution in [2.24, 2.45) is 0 Å². The standard InChI is InChI=1S/C15H22Cl2N2OS/c1-4-19(5-2)8-9-21-11(3)15(20)18-12-6-7-13(16)14(17)10-12/h6-7,10-11H,4-5,8-9H2,1-3H3,(H,18,20)/t11-/m1/s1. The number of halogens is 2. The Morgan fingerprint density at radius 1 is 1.29 bits per heavy atom. The van der Waals surface area contributed by atoms with Gasteiger partial charge in [0, 0.05) is 18.0 Å². The van der Waals surface area contributed by atoms with E-state index < -0.39 is 0 Å². The van der Waals surface area contributed by atoms with Crippen molar-refractivity contribution in [3.63, 3.8) is 0 Å². The van der Waals surface area contributed by atoms with Gasteiger partial charge in [0.1, 0.15) is 0 Å². The molecule has 3 nitrogen and oxygen atoms in total. The van der Waals surface area contributed by atoms with Gasteiger partial charge in [-0.05, 0) is 38.2 Å². The van der Waals surface area contributed by atoms with Gasteiger partial charge in [0.15, 0.2) is 0 Å². The van der Waals surface area contributed by atoms with Crippen molar-refractivity contribution in [1.29, 1.82) is 0 Å². The average molecular weight is 349 g/mol. The molecule has 0 unspecified atom stereocenters. The van der Waals surface area contributed by atoms with Crippen LogP contribution in [0.15, 0.2) is 18.2 Å². The molecule has 1 amide bonds. The average Bonchev–Trinajstić information content (AvgIpc) is 2.47. The van der Waals surface area contributed by atoms with Crippen LogP contribution in [0.4, 0.5) is 5.69 Å². The Balaban J connectivity index is 2.42. The number of carbonyl (C=O) groups excluding carboxylic acids is 1. The molecule has 0 aliphatic heterocycles. The summed E-state index contributed by atoms with van der Waals surface area (Å²) in [5, 5.41) is 3.68. The molecule has 6 heteroatoms. The minimum absolute atomic E-state index is 0.0158. The zero-order valence-corrected chi connectivity index (χ0v) is 15.0. The number of benzene rings is 1. The lowest BCUT2D eigenvalue weighted by molar-refractivity contribution is -0.115. The Kier molecular flexibility index (Phi) is 8.49. The number of hydrogen-bond acceptors (Lipinski definition) is 3. The summed E-state index contributed by atoms with van der Waals surface area (Å²) in [4.78, 5) is 14.4. The molecule has 0 aliphatic carbocycles. The van der Waals surface area contributed by atoms with Crippen LogP contribution in [0.2, 0.25) is 10.0 Å². The van der Waals surface area contributed by atoms with E-state index in [-0.39, 0.29) is 11.2 Å². The Hall–Kier alpha value is -0.420. The third-order valence-electron chi connectivity index (χ3n) is 3.23. The zero-order valence-electron chi connectivity index (χ0n) is 12.7. The zero-order chi connectivity index (χ0) is 15.8. The van der Waals surface area contributed by atoms with Crippen LogP contribution in [0.5, 0.6) is 0 Å². The lowest BCUT2D eigenvalue weighted by atomic mass is 10.3. The Morgan fingerprint density at radius 2 is 1.95 bits per heavy atom. The van der Waals surface area contributed by atoms with E-state index in [2.05, 4.69) is 24.1 Å². The third-order valence-corrected chi connectivity index (χ3v) is 5.10. The molecule has 1 aromatic carbocycles.